The Balaban J connectivity index is 1.86. The van der Waals surface area contributed by atoms with E-state index in [4.69, 9.17) is 4.74 Å². The van der Waals surface area contributed by atoms with Gasteiger partial charge in [-0.3, -0.25) is 9.69 Å². The zero-order valence-corrected chi connectivity index (χ0v) is 9.77. The lowest BCUT2D eigenvalue weighted by atomic mass is 9.91. The van der Waals surface area contributed by atoms with E-state index in [2.05, 4.69) is 18.7 Å². The van der Waals surface area contributed by atoms with Gasteiger partial charge in [-0.05, 0) is 27.3 Å². The number of rotatable bonds is 3. The van der Waals surface area contributed by atoms with Crippen molar-refractivity contribution in [3.8, 4) is 0 Å². The van der Waals surface area contributed by atoms with E-state index in [1.807, 2.05) is 11.9 Å². The summed E-state index contributed by atoms with van der Waals surface area (Å²) in [7, 11) is 1.99. The zero-order chi connectivity index (χ0) is 11.0. The molecule has 4 heteroatoms. The molecular weight excluding hydrogens is 192 g/mol. The van der Waals surface area contributed by atoms with Crippen LogP contribution in [-0.4, -0.2) is 60.6 Å². The Kier molecular flexibility index (Phi) is 2.98. The highest BCUT2D eigenvalue weighted by atomic mass is 16.5. The fourth-order valence-electron chi connectivity index (χ4n) is 2.22. The predicted molar refractivity (Wildman–Crippen MR) is 57.6 cm³/mol. The molecule has 86 valence electrons. The fourth-order valence-corrected chi connectivity index (χ4v) is 2.22. The molecule has 0 N–H and O–H groups in total. The van der Waals surface area contributed by atoms with E-state index in [1.165, 1.54) is 0 Å². The molecule has 0 aromatic heterocycles. The Hall–Kier alpha value is -0.610. The number of fused-ring (bicyclic) bond motifs is 2. The number of carbonyl (C=O) groups excluding carboxylic acids is 1. The molecule has 0 aromatic rings. The Morgan fingerprint density at radius 2 is 2.07 bits per heavy atom. The van der Waals surface area contributed by atoms with Crippen LogP contribution in [0.5, 0.6) is 0 Å². The second-order valence-electron chi connectivity index (χ2n) is 4.89. The van der Waals surface area contributed by atoms with Gasteiger partial charge in [-0.2, -0.15) is 0 Å². The highest BCUT2D eigenvalue weighted by molar-refractivity contribution is 5.80. The molecule has 3 heterocycles. The summed E-state index contributed by atoms with van der Waals surface area (Å²) in [6.07, 6.45) is 1.14. The summed E-state index contributed by atoms with van der Waals surface area (Å²) >= 11 is 0. The number of carbonyl (C=O) groups is 1. The molecule has 0 saturated carbocycles. The van der Waals surface area contributed by atoms with Crippen LogP contribution < -0.4 is 0 Å². The largest absolute Gasteiger partial charge is 0.377 e. The van der Waals surface area contributed by atoms with E-state index in [1.54, 1.807) is 0 Å². The number of hydrogen-bond donors (Lipinski definition) is 0. The zero-order valence-electron chi connectivity index (χ0n) is 9.77. The van der Waals surface area contributed by atoms with Crippen LogP contribution in [0.2, 0.25) is 0 Å². The van der Waals surface area contributed by atoms with Gasteiger partial charge in [0.15, 0.2) is 0 Å². The monoisotopic (exact) mass is 212 g/mol. The Morgan fingerprint density at radius 3 is 2.53 bits per heavy atom. The number of nitrogens with zero attached hydrogens (tertiary/aromatic N) is 2. The van der Waals surface area contributed by atoms with Gasteiger partial charge in [0.2, 0.25) is 5.91 Å². The minimum atomic E-state index is 0.260. The van der Waals surface area contributed by atoms with Crippen LogP contribution in [0.25, 0.3) is 0 Å². The van der Waals surface area contributed by atoms with E-state index in [9.17, 15) is 4.79 Å². The van der Waals surface area contributed by atoms with Crippen molar-refractivity contribution in [3.05, 3.63) is 0 Å². The summed E-state index contributed by atoms with van der Waals surface area (Å²) in [4.78, 5) is 16.1. The van der Waals surface area contributed by atoms with Crippen LogP contribution >= 0.6 is 0 Å². The van der Waals surface area contributed by atoms with Crippen LogP contribution in [0.1, 0.15) is 20.3 Å². The lowest BCUT2D eigenvalue weighted by Crippen LogP contribution is -2.66. The normalized spacial score (nSPS) is 29.5. The number of morpholine rings is 1. The summed E-state index contributed by atoms with van der Waals surface area (Å²) in [5.74, 6) is 0.260. The van der Waals surface area contributed by atoms with Crippen molar-refractivity contribution in [3.63, 3.8) is 0 Å². The van der Waals surface area contributed by atoms with E-state index in [0.29, 0.717) is 24.7 Å². The molecule has 2 bridgehead atoms. The lowest BCUT2D eigenvalue weighted by Gasteiger charge is -2.52. The second-order valence-corrected chi connectivity index (χ2v) is 4.89. The Bertz CT molecular complexity index is 241. The van der Waals surface area contributed by atoms with E-state index in [0.717, 1.165) is 19.6 Å². The van der Waals surface area contributed by atoms with Crippen molar-refractivity contribution in [1.82, 2.24) is 9.80 Å². The first-order valence-electron chi connectivity index (χ1n) is 5.68. The van der Waals surface area contributed by atoms with Gasteiger partial charge in [0.25, 0.3) is 0 Å². The summed E-state index contributed by atoms with van der Waals surface area (Å²) in [5.41, 5.74) is 0. The van der Waals surface area contributed by atoms with Crippen LogP contribution in [0, 0.1) is 0 Å². The molecule has 2 atom stereocenters. The minimum absolute atomic E-state index is 0.260. The van der Waals surface area contributed by atoms with Gasteiger partial charge in [0.05, 0.1) is 31.8 Å². The molecule has 0 radical (unpaired) electrons. The molecule has 3 saturated heterocycles. The third kappa shape index (κ3) is 2.01. The Labute approximate surface area is 91.2 Å². The molecule has 0 aliphatic carbocycles. The third-order valence-electron chi connectivity index (χ3n) is 3.51. The maximum atomic E-state index is 12.0. The molecule has 0 spiro atoms. The Morgan fingerprint density at radius 1 is 1.47 bits per heavy atom. The molecule has 15 heavy (non-hydrogen) atoms. The van der Waals surface area contributed by atoms with Crippen molar-refractivity contribution < 1.29 is 9.53 Å². The van der Waals surface area contributed by atoms with Crippen molar-refractivity contribution in [2.75, 3.05) is 26.8 Å². The lowest BCUT2D eigenvalue weighted by molar-refractivity contribution is -0.168. The molecule has 1 amide bonds. The van der Waals surface area contributed by atoms with E-state index < -0.39 is 0 Å². The molecule has 3 fully saturated rings. The molecule has 0 aromatic carbocycles. The first-order valence-corrected chi connectivity index (χ1v) is 5.68. The van der Waals surface area contributed by atoms with Crippen molar-refractivity contribution in [2.24, 2.45) is 0 Å². The van der Waals surface area contributed by atoms with Gasteiger partial charge >= 0.3 is 0 Å². The molecular formula is C11H20N2O2. The van der Waals surface area contributed by atoms with Gasteiger partial charge in [-0.25, -0.2) is 0 Å². The standard InChI is InChI=1S/C11H20N2O2/c1-8(2)12(3)5-11(14)13-9-4-10(13)7-15-6-9/h8-10H,4-7H2,1-3H3. The first-order chi connectivity index (χ1) is 7.09. The van der Waals surface area contributed by atoms with Crippen LogP contribution in [0.4, 0.5) is 0 Å². The van der Waals surface area contributed by atoms with Crippen molar-refractivity contribution in [2.45, 2.75) is 38.4 Å². The molecule has 3 aliphatic heterocycles. The highest BCUT2D eigenvalue weighted by Crippen LogP contribution is 2.30. The maximum absolute atomic E-state index is 12.0. The summed E-state index contributed by atoms with van der Waals surface area (Å²) in [6, 6.07) is 1.14. The van der Waals surface area contributed by atoms with Gasteiger partial charge in [0, 0.05) is 6.04 Å². The first kappa shape index (κ1) is 10.9. The molecule has 4 nitrogen and oxygen atoms in total. The van der Waals surface area contributed by atoms with Gasteiger partial charge in [0.1, 0.15) is 0 Å². The summed E-state index contributed by atoms with van der Waals surface area (Å²) < 4.78 is 5.36. The van der Waals surface area contributed by atoms with Crippen molar-refractivity contribution in [1.29, 1.82) is 0 Å². The van der Waals surface area contributed by atoms with Gasteiger partial charge in [-0.1, -0.05) is 0 Å². The SMILES string of the molecule is CC(C)N(C)CC(=O)N1C2COCC1C2. The second kappa shape index (κ2) is 4.10. The topological polar surface area (TPSA) is 32.8 Å². The van der Waals surface area contributed by atoms with Crippen LogP contribution in [0.15, 0.2) is 0 Å². The third-order valence-corrected chi connectivity index (χ3v) is 3.51. The smallest absolute Gasteiger partial charge is 0.237 e. The average molecular weight is 212 g/mol. The van der Waals surface area contributed by atoms with Gasteiger partial charge in [-0.15, -0.1) is 0 Å². The number of hydrogen-bond acceptors (Lipinski definition) is 3. The van der Waals surface area contributed by atoms with Crippen molar-refractivity contribution >= 4 is 5.91 Å². The maximum Gasteiger partial charge on any atom is 0.237 e. The average Bonchev–Trinajstić information content (AvgIpc) is 2.18. The predicted octanol–water partition coefficient (Wildman–Crippen LogP) is 0.326. The number of ether oxygens (including phenoxy) is 1. The number of likely N-dealkylation sites (N-methyl/N-ethyl adjacent to an activating group) is 1. The van der Waals surface area contributed by atoms with Crippen LogP contribution in [-0.2, 0) is 9.53 Å². The quantitative estimate of drug-likeness (QED) is 0.675. The van der Waals surface area contributed by atoms with E-state index in [-0.39, 0.29) is 5.91 Å². The van der Waals surface area contributed by atoms with Gasteiger partial charge < -0.3 is 9.64 Å². The number of amides is 1. The van der Waals surface area contributed by atoms with E-state index >= 15 is 0 Å². The summed E-state index contributed by atoms with van der Waals surface area (Å²) in [6.45, 7) is 6.20. The highest BCUT2D eigenvalue weighted by Gasteiger charge is 2.44. The minimum Gasteiger partial charge on any atom is -0.377 e. The summed E-state index contributed by atoms with van der Waals surface area (Å²) in [5, 5.41) is 0. The fraction of sp³-hybridized carbons (Fsp3) is 0.909. The molecule has 3 aliphatic rings. The van der Waals surface area contributed by atoms with Crippen LogP contribution in [0.3, 0.4) is 0 Å². The molecule has 3 rings (SSSR count). The molecule has 2 unspecified atom stereocenters.